The van der Waals surface area contributed by atoms with Crippen molar-refractivity contribution in [2.45, 2.75) is 39.3 Å². The van der Waals surface area contributed by atoms with Crippen LogP contribution < -0.4 is 5.32 Å². The van der Waals surface area contributed by atoms with Crippen LogP contribution in [0.2, 0.25) is 10.0 Å². The topological polar surface area (TPSA) is 92.8 Å². The van der Waals surface area contributed by atoms with Crippen molar-refractivity contribution in [2.75, 3.05) is 6.54 Å². The highest BCUT2D eigenvalue weighted by molar-refractivity contribution is 6.43. The molecule has 140 valence electrons. The summed E-state index contributed by atoms with van der Waals surface area (Å²) in [5.41, 5.74) is -0.356. The van der Waals surface area contributed by atoms with Crippen LogP contribution in [0.1, 0.15) is 48.4 Å². The Balaban J connectivity index is 2.05. The second-order valence-corrected chi connectivity index (χ2v) is 7.69. The second-order valence-electron chi connectivity index (χ2n) is 6.88. The third-order valence-corrected chi connectivity index (χ3v) is 4.20. The van der Waals surface area contributed by atoms with Crippen molar-refractivity contribution in [1.82, 2.24) is 10.2 Å². The van der Waals surface area contributed by atoms with E-state index in [1.165, 1.54) is 19.1 Å². The van der Waals surface area contributed by atoms with Crippen LogP contribution in [0.3, 0.4) is 0 Å². The van der Waals surface area contributed by atoms with Gasteiger partial charge in [0.05, 0.1) is 21.2 Å². The van der Waals surface area contributed by atoms with Crippen LogP contribution in [0, 0.1) is 0 Å². The fourth-order valence-electron chi connectivity index (χ4n) is 2.32. The molecule has 0 spiro atoms. The van der Waals surface area contributed by atoms with E-state index >= 15 is 0 Å². The number of hydrogen-bond donors (Lipinski definition) is 1. The van der Waals surface area contributed by atoms with Crippen LogP contribution in [0.4, 0.5) is 0 Å². The SMILES string of the molecule is C[C@@H](OC(=O)CN1C(=O)c2cc(Cl)c(Cl)cc2C1=O)C(=O)NC(C)(C)C. The van der Waals surface area contributed by atoms with E-state index in [0.717, 1.165) is 4.90 Å². The van der Waals surface area contributed by atoms with Crippen molar-refractivity contribution >= 4 is 46.9 Å². The van der Waals surface area contributed by atoms with E-state index in [0.29, 0.717) is 0 Å². The summed E-state index contributed by atoms with van der Waals surface area (Å²) in [5, 5.41) is 2.93. The lowest BCUT2D eigenvalue weighted by Crippen LogP contribution is -2.47. The number of nitrogens with zero attached hydrogens (tertiary/aromatic N) is 1. The van der Waals surface area contributed by atoms with Crippen LogP contribution in [-0.4, -0.2) is 46.8 Å². The molecule has 3 amide bonds. The molecule has 0 aromatic heterocycles. The maximum Gasteiger partial charge on any atom is 0.326 e. The monoisotopic (exact) mass is 400 g/mol. The van der Waals surface area contributed by atoms with Gasteiger partial charge in [0.2, 0.25) is 0 Å². The van der Waals surface area contributed by atoms with Gasteiger partial charge in [0, 0.05) is 5.54 Å². The maximum absolute atomic E-state index is 12.3. The Morgan fingerprint density at radius 2 is 1.58 bits per heavy atom. The van der Waals surface area contributed by atoms with Gasteiger partial charge in [0.1, 0.15) is 6.54 Å². The van der Waals surface area contributed by atoms with E-state index in [1.807, 2.05) is 0 Å². The molecule has 1 aliphatic heterocycles. The van der Waals surface area contributed by atoms with E-state index in [2.05, 4.69) is 5.32 Å². The Bertz CT molecular complexity index is 760. The highest BCUT2D eigenvalue weighted by Crippen LogP contribution is 2.31. The standard InChI is InChI=1S/C17H18Cl2N2O5/c1-8(14(23)20-17(2,3)4)26-13(22)7-21-15(24)9-5-11(18)12(19)6-10(9)16(21)25/h5-6,8H,7H2,1-4H3,(H,20,23)/t8-/m1/s1. The quantitative estimate of drug-likeness (QED) is 0.618. The minimum absolute atomic E-state index is 0.0655. The van der Waals surface area contributed by atoms with Crippen molar-refractivity contribution in [3.05, 3.63) is 33.3 Å². The van der Waals surface area contributed by atoms with Crippen molar-refractivity contribution in [2.24, 2.45) is 0 Å². The molecule has 1 N–H and O–H groups in total. The molecule has 0 unspecified atom stereocenters. The molecule has 1 aromatic carbocycles. The third-order valence-electron chi connectivity index (χ3n) is 3.47. The Labute approximate surface area is 160 Å². The number of imide groups is 1. The lowest BCUT2D eigenvalue weighted by molar-refractivity contribution is -0.155. The number of hydrogen-bond acceptors (Lipinski definition) is 5. The van der Waals surface area contributed by atoms with Gasteiger partial charge in [-0.2, -0.15) is 0 Å². The Morgan fingerprint density at radius 3 is 2.00 bits per heavy atom. The molecule has 0 fully saturated rings. The van der Waals surface area contributed by atoms with Gasteiger partial charge < -0.3 is 10.1 Å². The van der Waals surface area contributed by atoms with Gasteiger partial charge in [-0.1, -0.05) is 23.2 Å². The largest absolute Gasteiger partial charge is 0.451 e. The summed E-state index contributed by atoms with van der Waals surface area (Å²) >= 11 is 11.7. The van der Waals surface area contributed by atoms with Gasteiger partial charge in [0.25, 0.3) is 17.7 Å². The lowest BCUT2D eigenvalue weighted by Gasteiger charge is -2.23. The van der Waals surface area contributed by atoms with Gasteiger partial charge >= 0.3 is 5.97 Å². The molecular weight excluding hydrogens is 383 g/mol. The molecule has 1 aliphatic rings. The number of carbonyl (C=O) groups is 4. The Morgan fingerprint density at radius 1 is 1.12 bits per heavy atom. The normalized spacial score (nSPS) is 14.9. The number of amides is 3. The molecule has 1 aromatic rings. The molecule has 7 nitrogen and oxygen atoms in total. The first kappa shape index (κ1) is 20.2. The van der Waals surface area contributed by atoms with Crippen molar-refractivity contribution < 1.29 is 23.9 Å². The number of halogens is 2. The van der Waals surface area contributed by atoms with E-state index in [4.69, 9.17) is 27.9 Å². The van der Waals surface area contributed by atoms with Crippen LogP contribution >= 0.6 is 23.2 Å². The predicted molar refractivity (Wildman–Crippen MR) is 95.3 cm³/mol. The molecule has 26 heavy (non-hydrogen) atoms. The Kier molecular flexibility index (Phi) is 5.63. The van der Waals surface area contributed by atoms with Crippen LogP contribution in [0.25, 0.3) is 0 Å². The summed E-state index contributed by atoms with van der Waals surface area (Å²) < 4.78 is 5.01. The molecule has 0 bridgehead atoms. The van der Waals surface area contributed by atoms with E-state index in [-0.39, 0.29) is 21.2 Å². The number of benzene rings is 1. The van der Waals surface area contributed by atoms with Crippen LogP contribution in [0.5, 0.6) is 0 Å². The van der Waals surface area contributed by atoms with Gasteiger partial charge in [-0.15, -0.1) is 0 Å². The van der Waals surface area contributed by atoms with Crippen molar-refractivity contribution in [3.63, 3.8) is 0 Å². The molecule has 9 heteroatoms. The number of rotatable bonds is 4. The zero-order chi connectivity index (χ0) is 19.8. The molecule has 1 heterocycles. The predicted octanol–water partition coefficient (Wildman–Crippen LogP) is 2.44. The molecule has 0 aliphatic carbocycles. The number of nitrogens with one attached hydrogen (secondary N) is 1. The highest BCUT2D eigenvalue weighted by Gasteiger charge is 2.38. The highest BCUT2D eigenvalue weighted by atomic mass is 35.5. The fraction of sp³-hybridized carbons (Fsp3) is 0.412. The van der Waals surface area contributed by atoms with Crippen molar-refractivity contribution in [1.29, 1.82) is 0 Å². The lowest BCUT2D eigenvalue weighted by atomic mass is 10.1. The zero-order valence-electron chi connectivity index (χ0n) is 14.7. The molecule has 0 saturated heterocycles. The number of esters is 1. The second kappa shape index (κ2) is 7.25. The first-order valence-corrected chi connectivity index (χ1v) is 8.53. The molecular formula is C17H18Cl2N2O5. The van der Waals surface area contributed by atoms with E-state index < -0.39 is 41.9 Å². The van der Waals surface area contributed by atoms with Crippen LogP contribution in [-0.2, 0) is 14.3 Å². The molecule has 1 atom stereocenters. The van der Waals surface area contributed by atoms with Gasteiger partial charge in [0.15, 0.2) is 6.10 Å². The average Bonchev–Trinajstić information content (AvgIpc) is 2.71. The smallest absolute Gasteiger partial charge is 0.326 e. The maximum atomic E-state index is 12.3. The van der Waals surface area contributed by atoms with Gasteiger partial charge in [-0.3, -0.25) is 24.1 Å². The zero-order valence-corrected chi connectivity index (χ0v) is 16.2. The summed E-state index contributed by atoms with van der Waals surface area (Å²) in [6, 6.07) is 2.56. The minimum atomic E-state index is -1.07. The average molecular weight is 401 g/mol. The molecule has 0 radical (unpaired) electrons. The third kappa shape index (κ3) is 4.34. The summed E-state index contributed by atoms with van der Waals surface area (Å²) in [5.74, 6) is -2.71. The van der Waals surface area contributed by atoms with Crippen LogP contribution in [0.15, 0.2) is 12.1 Å². The number of fused-ring (bicyclic) bond motifs is 1. The number of carbonyl (C=O) groups excluding carboxylic acids is 4. The fourth-order valence-corrected chi connectivity index (χ4v) is 2.64. The molecule has 2 rings (SSSR count). The Hall–Kier alpha value is -2.12. The van der Waals surface area contributed by atoms with E-state index in [9.17, 15) is 19.2 Å². The number of ether oxygens (including phenoxy) is 1. The summed E-state index contributed by atoms with van der Waals surface area (Å²) in [6.45, 7) is 6.15. The minimum Gasteiger partial charge on any atom is -0.451 e. The summed E-state index contributed by atoms with van der Waals surface area (Å²) in [4.78, 5) is 49.4. The summed E-state index contributed by atoms with van der Waals surface area (Å²) in [6.07, 6.45) is -1.07. The first-order valence-electron chi connectivity index (χ1n) is 7.77. The van der Waals surface area contributed by atoms with E-state index in [1.54, 1.807) is 20.8 Å². The van der Waals surface area contributed by atoms with Gasteiger partial charge in [-0.25, -0.2) is 0 Å². The van der Waals surface area contributed by atoms with Gasteiger partial charge in [-0.05, 0) is 39.8 Å². The molecule has 0 saturated carbocycles. The first-order chi connectivity index (χ1) is 11.9. The summed E-state index contributed by atoms with van der Waals surface area (Å²) in [7, 11) is 0. The van der Waals surface area contributed by atoms with Crippen molar-refractivity contribution in [3.8, 4) is 0 Å².